The van der Waals surface area contributed by atoms with Gasteiger partial charge < -0.3 is 10.2 Å². The molecule has 0 spiro atoms. The first kappa shape index (κ1) is 44.0. The van der Waals surface area contributed by atoms with Gasteiger partial charge >= 0.3 is 11.9 Å². The number of ketones is 2. The maximum absolute atomic E-state index is 12.7. The van der Waals surface area contributed by atoms with Crippen LogP contribution in [0.4, 0.5) is 0 Å². The molecule has 0 amide bonds. The molecule has 0 heterocycles. The highest BCUT2D eigenvalue weighted by Crippen LogP contribution is 2.19. The van der Waals surface area contributed by atoms with Crippen molar-refractivity contribution in [3.63, 3.8) is 0 Å². The minimum atomic E-state index is -1.62. The molecule has 0 radical (unpaired) electrons. The zero-order chi connectivity index (χ0) is 34.4. The van der Waals surface area contributed by atoms with E-state index in [1.807, 2.05) is 0 Å². The van der Waals surface area contributed by atoms with Crippen molar-refractivity contribution >= 4 is 23.5 Å². The molecule has 0 atom stereocenters. The van der Waals surface area contributed by atoms with Crippen LogP contribution in [0.25, 0.3) is 0 Å². The fourth-order valence-corrected chi connectivity index (χ4v) is 6.19. The first-order valence-corrected chi connectivity index (χ1v) is 19.3. The van der Waals surface area contributed by atoms with Gasteiger partial charge in [0.25, 0.3) is 0 Å². The lowest BCUT2D eigenvalue weighted by molar-refractivity contribution is -0.139. The molecule has 6 nitrogen and oxygen atoms in total. The third kappa shape index (κ3) is 26.1. The van der Waals surface area contributed by atoms with Gasteiger partial charge in [-0.1, -0.05) is 182 Å². The minimum Gasteiger partial charge on any atom is -0.478 e. The number of carbonyl (C=O) groups is 4. The van der Waals surface area contributed by atoms with Gasteiger partial charge in [-0.3, -0.25) is 9.59 Å². The Balaban J connectivity index is 4.17. The quantitative estimate of drug-likeness (QED) is 0.0311. The number of carbonyl (C=O) groups excluding carboxylic acids is 2. The molecule has 0 aromatic heterocycles. The number of carboxylic acid groups (broad SMARTS) is 2. The van der Waals surface area contributed by atoms with E-state index in [-0.39, 0.29) is 12.8 Å². The molecular formula is C40H72O6. The minimum absolute atomic E-state index is 0.0410. The highest BCUT2D eigenvalue weighted by atomic mass is 16.4. The molecule has 6 heteroatoms. The van der Waals surface area contributed by atoms with Crippen molar-refractivity contribution in [1.82, 2.24) is 0 Å². The third-order valence-corrected chi connectivity index (χ3v) is 9.11. The van der Waals surface area contributed by atoms with E-state index in [4.69, 9.17) is 0 Å². The van der Waals surface area contributed by atoms with Crippen molar-refractivity contribution in [2.24, 2.45) is 11.8 Å². The number of rotatable bonds is 34. The van der Waals surface area contributed by atoms with Gasteiger partial charge in [0.15, 0.2) is 11.6 Å². The van der Waals surface area contributed by atoms with E-state index in [1.54, 1.807) is 0 Å². The molecule has 2 N–H and O–H groups in total. The Hall–Kier alpha value is -1.98. The summed E-state index contributed by atoms with van der Waals surface area (Å²) in [5.74, 6) is -3.13. The van der Waals surface area contributed by atoms with Crippen LogP contribution in [-0.4, -0.2) is 33.7 Å². The summed E-state index contributed by atoms with van der Waals surface area (Å²) in [6.07, 6.45) is 29.9. The molecule has 0 saturated heterocycles. The zero-order valence-electron chi connectivity index (χ0n) is 30.5. The lowest BCUT2D eigenvalue weighted by Gasteiger charge is -2.08. The predicted octanol–water partition coefficient (Wildman–Crippen LogP) is 11.8. The molecular weight excluding hydrogens is 576 g/mol. The lowest BCUT2D eigenvalue weighted by Crippen LogP contribution is -2.23. The second-order valence-corrected chi connectivity index (χ2v) is 14.6. The van der Waals surface area contributed by atoms with E-state index in [9.17, 15) is 29.4 Å². The smallest absolute Gasteiger partial charge is 0.340 e. The monoisotopic (exact) mass is 649 g/mol. The van der Waals surface area contributed by atoms with Crippen LogP contribution in [0, 0.1) is 11.8 Å². The van der Waals surface area contributed by atoms with Gasteiger partial charge in [0.2, 0.25) is 0 Å². The predicted molar refractivity (Wildman–Crippen MR) is 191 cm³/mol. The number of unbranched alkanes of at least 4 members (excludes halogenated alkanes) is 22. The van der Waals surface area contributed by atoms with E-state index in [0.717, 1.165) is 63.2 Å². The van der Waals surface area contributed by atoms with Crippen LogP contribution in [0.1, 0.15) is 207 Å². The summed E-state index contributed by atoms with van der Waals surface area (Å²) in [4.78, 5) is 49.2. The van der Waals surface area contributed by atoms with Crippen LogP contribution < -0.4 is 0 Å². The summed E-state index contributed by atoms with van der Waals surface area (Å²) in [5.41, 5.74) is -1.69. The second kappa shape index (κ2) is 30.4. The van der Waals surface area contributed by atoms with Crippen LogP contribution in [0.3, 0.4) is 0 Å². The van der Waals surface area contributed by atoms with E-state index >= 15 is 0 Å². The third-order valence-electron chi connectivity index (χ3n) is 9.11. The van der Waals surface area contributed by atoms with Crippen LogP contribution in [-0.2, 0) is 19.2 Å². The SMILES string of the molecule is CC(C)CCCCCCCCCCCCCCC(=O)/C(C(=O)O)=C(/C(=O)O)C(=O)CCCCCCCCCCCCCCC(C)C. The largest absolute Gasteiger partial charge is 0.478 e. The molecule has 0 fully saturated rings. The average Bonchev–Trinajstić information content (AvgIpc) is 2.99. The molecule has 0 aliphatic rings. The molecule has 46 heavy (non-hydrogen) atoms. The first-order chi connectivity index (χ1) is 22.1. The lowest BCUT2D eigenvalue weighted by atomic mass is 9.94. The van der Waals surface area contributed by atoms with Crippen LogP contribution in [0.2, 0.25) is 0 Å². The van der Waals surface area contributed by atoms with E-state index in [1.165, 1.54) is 103 Å². The molecule has 0 unspecified atom stereocenters. The van der Waals surface area contributed by atoms with E-state index in [2.05, 4.69) is 27.7 Å². The summed E-state index contributed by atoms with van der Waals surface area (Å²) < 4.78 is 0. The molecule has 0 aliphatic heterocycles. The first-order valence-electron chi connectivity index (χ1n) is 19.3. The summed E-state index contributed by atoms with van der Waals surface area (Å²) in [7, 11) is 0. The number of hydrogen-bond acceptors (Lipinski definition) is 4. The molecule has 268 valence electrons. The highest BCUT2D eigenvalue weighted by Gasteiger charge is 2.30. The standard InChI is InChI=1S/C40H72O6/c1-33(2)29-25-21-17-13-9-5-7-11-15-19-23-27-31-35(41)37(39(43)44)38(40(45)46)36(42)32-28-24-20-16-12-8-6-10-14-18-22-26-30-34(3)4/h33-34H,5-32H2,1-4H3,(H,43,44)(H,45,46)/b38-37-. The van der Waals surface area contributed by atoms with Crippen molar-refractivity contribution in [2.45, 2.75) is 207 Å². The number of carboxylic acids is 2. The Labute approximate surface area is 283 Å². The Morgan fingerprint density at radius 2 is 0.543 bits per heavy atom. The molecule has 0 bridgehead atoms. The summed E-state index contributed by atoms with van der Waals surface area (Å²) >= 11 is 0. The van der Waals surface area contributed by atoms with Crippen molar-refractivity contribution in [3.8, 4) is 0 Å². The van der Waals surface area contributed by atoms with Crippen molar-refractivity contribution < 1.29 is 29.4 Å². The average molecular weight is 649 g/mol. The van der Waals surface area contributed by atoms with Gasteiger partial charge in [0.1, 0.15) is 11.1 Å². The molecule has 0 aromatic carbocycles. The van der Waals surface area contributed by atoms with Gasteiger partial charge in [-0.25, -0.2) is 9.59 Å². The zero-order valence-corrected chi connectivity index (χ0v) is 30.5. The van der Waals surface area contributed by atoms with Gasteiger partial charge in [-0.2, -0.15) is 0 Å². The molecule has 0 rings (SSSR count). The van der Waals surface area contributed by atoms with Crippen LogP contribution in [0.15, 0.2) is 11.1 Å². The van der Waals surface area contributed by atoms with Gasteiger partial charge in [0.05, 0.1) is 0 Å². The number of hydrogen-bond donors (Lipinski definition) is 2. The Morgan fingerprint density at radius 1 is 0.348 bits per heavy atom. The van der Waals surface area contributed by atoms with Gasteiger partial charge in [-0.15, -0.1) is 0 Å². The van der Waals surface area contributed by atoms with E-state index < -0.39 is 34.7 Å². The van der Waals surface area contributed by atoms with E-state index in [0.29, 0.717) is 12.8 Å². The summed E-state index contributed by atoms with van der Waals surface area (Å²) in [5, 5.41) is 19.3. The fourth-order valence-electron chi connectivity index (χ4n) is 6.19. The normalized spacial score (nSPS) is 12.1. The Morgan fingerprint density at radius 3 is 0.739 bits per heavy atom. The van der Waals surface area contributed by atoms with Crippen LogP contribution >= 0.6 is 0 Å². The highest BCUT2D eigenvalue weighted by molar-refractivity contribution is 6.30. The fraction of sp³-hybridized carbons (Fsp3) is 0.850. The topological polar surface area (TPSA) is 109 Å². The van der Waals surface area contributed by atoms with Crippen LogP contribution in [0.5, 0.6) is 0 Å². The number of aliphatic carboxylic acids is 2. The summed E-state index contributed by atoms with van der Waals surface area (Å²) in [6, 6.07) is 0. The second-order valence-electron chi connectivity index (χ2n) is 14.6. The van der Waals surface area contributed by atoms with Crippen molar-refractivity contribution in [3.05, 3.63) is 11.1 Å². The Bertz CT molecular complexity index is 773. The maximum Gasteiger partial charge on any atom is 0.340 e. The maximum atomic E-state index is 12.7. The van der Waals surface area contributed by atoms with Gasteiger partial charge in [-0.05, 0) is 24.7 Å². The van der Waals surface area contributed by atoms with Gasteiger partial charge in [0, 0.05) is 12.8 Å². The molecule has 0 aromatic rings. The Kier molecular flexibility index (Phi) is 29.1. The molecule has 0 saturated carbocycles. The molecule has 0 aliphatic carbocycles. The number of Topliss-reactive ketones (excluding diaryl/α,β-unsaturated/α-hetero) is 2. The van der Waals surface area contributed by atoms with Crippen molar-refractivity contribution in [2.75, 3.05) is 0 Å². The van der Waals surface area contributed by atoms with Crippen molar-refractivity contribution in [1.29, 1.82) is 0 Å². The summed E-state index contributed by atoms with van der Waals surface area (Å²) in [6.45, 7) is 9.12.